The number of nitrogens with zero attached hydrogens (tertiary/aromatic N) is 1. The van der Waals surface area contributed by atoms with Gasteiger partial charge in [0.1, 0.15) is 5.76 Å². The topological polar surface area (TPSA) is 92.6 Å². The Kier molecular flexibility index (Phi) is 3.09. The lowest BCUT2D eigenvalue weighted by molar-refractivity contribution is 0.244. The lowest BCUT2D eigenvalue weighted by Gasteiger charge is -2.05. The third-order valence-electron chi connectivity index (χ3n) is 2.11. The van der Waals surface area contributed by atoms with Crippen molar-refractivity contribution < 1.29 is 9.21 Å². The smallest absolute Gasteiger partial charge is 0.321 e. The van der Waals surface area contributed by atoms with Gasteiger partial charge < -0.3 is 15.5 Å². The quantitative estimate of drug-likeness (QED) is 0.515. The second kappa shape index (κ2) is 4.69. The zero-order valence-electron chi connectivity index (χ0n) is 8.77. The lowest BCUT2D eigenvalue weighted by Crippen LogP contribution is -2.43. The second-order valence-electron chi connectivity index (χ2n) is 3.63. The van der Waals surface area contributed by atoms with E-state index in [4.69, 9.17) is 10.2 Å². The number of rotatable bonds is 3. The Hall–Kier alpha value is -1.98. The fraction of sp³-hybridized carbons (Fsp3) is 0.400. The Bertz CT molecular complexity index is 382. The van der Waals surface area contributed by atoms with E-state index in [1.54, 1.807) is 18.4 Å². The van der Waals surface area contributed by atoms with Crippen LogP contribution in [0.5, 0.6) is 0 Å². The fourth-order valence-corrected chi connectivity index (χ4v) is 1.17. The molecule has 0 radical (unpaired) electrons. The van der Waals surface area contributed by atoms with Crippen molar-refractivity contribution in [2.75, 3.05) is 0 Å². The highest BCUT2D eigenvalue weighted by molar-refractivity contribution is 5.95. The van der Waals surface area contributed by atoms with E-state index in [9.17, 15) is 4.79 Å². The first-order valence-electron chi connectivity index (χ1n) is 5.14. The summed E-state index contributed by atoms with van der Waals surface area (Å²) in [5.74, 6) is 0.854. The van der Waals surface area contributed by atoms with Gasteiger partial charge in [-0.05, 0) is 25.0 Å². The molecule has 16 heavy (non-hydrogen) atoms. The van der Waals surface area contributed by atoms with Crippen LogP contribution in [0.1, 0.15) is 18.6 Å². The van der Waals surface area contributed by atoms with Crippen LogP contribution in [0.2, 0.25) is 0 Å². The first kappa shape index (κ1) is 10.5. The molecule has 6 heteroatoms. The van der Waals surface area contributed by atoms with Crippen LogP contribution in [0.25, 0.3) is 0 Å². The van der Waals surface area contributed by atoms with Gasteiger partial charge in [-0.3, -0.25) is 5.32 Å². The van der Waals surface area contributed by atoms with Gasteiger partial charge in [0.2, 0.25) is 0 Å². The largest absolute Gasteiger partial charge is 0.467 e. The van der Waals surface area contributed by atoms with E-state index in [0.717, 1.165) is 12.8 Å². The molecule has 6 nitrogen and oxygen atoms in total. The summed E-state index contributed by atoms with van der Waals surface area (Å²) in [5.41, 5.74) is 5.52. The summed E-state index contributed by atoms with van der Waals surface area (Å²) in [6.07, 6.45) is 3.66. The lowest BCUT2D eigenvalue weighted by atomic mass is 10.4. The Morgan fingerprint density at radius 3 is 3.06 bits per heavy atom. The van der Waals surface area contributed by atoms with Crippen LogP contribution < -0.4 is 16.4 Å². The number of amides is 2. The number of hydrogen-bond acceptors (Lipinski definition) is 3. The summed E-state index contributed by atoms with van der Waals surface area (Å²) < 4.78 is 5.06. The normalized spacial score (nSPS) is 15.9. The number of nitrogens with two attached hydrogens (primary N) is 1. The fourth-order valence-electron chi connectivity index (χ4n) is 1.17. The molecule has 0 saturated heterocycles. The number of aliphatic imine (C=N–C) groups is 1. The molecule has 0 spiro atoms. The molecule has 1 saturated carbocycles. The molecule has 0 atom stereocenters. The van der Waals surface area contributed by atoms with Crippen LogP contribution in [-0.2, 0) is 6.54 Å². The van der Waals surface area contributed by atoms with E-state index < -0.39 is 0 Å². The van der Waals surface area contributed by atoms with Gasteiger partial charge in [-0.2, -0.15) is 0 Å². The highest BCUT2D eigenvalue weighted by atomic mass is 16.3. The summed E-state index contributed by atoms with van der Waals surface area (Å²) in [4.78, 5) is 15.4. The molecule has 1 aromatic rings. The summed E-state index contributed by atoms with van der Waals surface area (Å²) in [6, 6.07) is 3.46. The Labute approximate surface area is 92.9 Å². The van der Waals surface area contributed by atoms with Gasteiger partial charge in [0.15, 0.2) is 5.96 Å². The molecule has 1 heterocycles. The van der Waals surface area contributed by atoms with Crippen LogP contribution in [0.3, 0.4) is 0 Å². The average Bonchev–Trinajstić information content (AvgIpc) is 2.89. The zero-order chi connectivity index (χ0) is 11.4. The minimum absolute atomic E-state index is 0.166. The number of furan rings is 1. The third-order valence-corrected chi connectivity index (χ3v) is 2.11. The monoisotopic (exact) mass is 222 g/mol. The highest BCUT2D eigenvalue weighted by Crippen LogP contribution is 2.22. The zero-order valence-corrected chi connectivity index (χ0v) is 8.77. The van der Waals surface area contributed by atoms with Gasteiger partial charge in [0.25, 0.3) is 0 Å². The van der Waals surface area contributed by atoms with Crippen molar-refractivity contribution in [1.82, 2.24) is 10.6 Å². The summed E-state index contributed by atoms with van der Waals surface area (Å²) >= 11 is 0. The molecule has 0 aliphatic heterocycles. The molecular weight excluding hydrogens is 208 g/mol. The number of carbonyl (C=O) groups excluding carboxylic acids is 1. The van der Waals surface area contributed by atoms with Crippen molar-refractivity contribution in [2.24, 2.45) is 10.7 Å². The maximum absolute atomic E-state index is 11.3. The minimum Gasteiger partial charge on any atom is -0.467 e. The highest BCUT2D eigenvalue weighted by Gasteiger charge is 2.20. The van der Waals surface area contributed by atoms with E-state index in [0.29, 0.717) is 18.3 Å². The molecule has 4 N–H and O–H groups in total. The van der Waals surface area contributed by atoms with Gasteiger partial charge in [-0.25, -0.2) is 9.79 Å². The van der Waals surface area contributed by atoms with Crippen molar-refractivity contribution in [1.29, 1.82) is 0 Å². The molecule has 1 aromatic heterocycles. The molecule has 0 unspecified atom stereocenters. The molecule has 0 bridgehead atoms. The molecule has 2 rings (SSSR count). The van der Waals surface area contributed by atoms with E-state index in [-0.39, 0.29) is 12.0 Å². The maximum atomic E-state index is 11.3. The predicted molar refractivity (Wildman–Crippen MR) is 58.7 cm³/mol. The Balaban J connectivity index is 1.71. The van der Waals surface area contributed by atoms with Crippen LogP contribution in [0.15, 0.2) is 27.8 Å². The van der Waals surface area contributed by atoms with Crippen LogP contribution in [0.4, 0.5) is 4.79 Å². The van der Waals surface area contributed by atoms with Crippen molar-refractivity contribution in [2.45, 2.75) is 25.4 Å². The molecule has 1 aliphatic carbocycles. The SMILES string of the molecule is NC(=NC1CC1)NC(=O)NCc1ccco1. The number of urea groups is 1. The Morgan fingerprint density at radius 2 is 2.44 bits per heavy atom. The maximum Gasteiger partial charge on any atom is 0.321 e. The van der Waals surface area contributed by atoms with Crippen LogP contribution in [-0.4, -0.2) is 18.0 Å². The van der Waals surface area contributed by atoms with Crippen molar-refractivity contribution >= 4 is 12.0 Å². The van der Waals surface area contributed by atoms with Crippen LogP contribution in [0, 0.1) is 0 Å². The van der Waals surface area contributed by atoms with E-state index in [1.807, 2.05) is 0 Å². The molecule has 0 aromatic carbocycles. The molecular formula is C10H14N4O2. The van der Waals surface area contributed by atoms with Gasteiger partial charge in [-0.1, -0.05) is 0 Å². The number of guanidine groups is 1. The minimum atomic E-state index is -0.377. The van der Waals surface area contributed by atoms with Gasteiger partial charge in [-0.15, -0.1) is 0 Å². The summed E-state index contributed by atoms with van der Waals surface area (Å²) in [7, 11) is 0. The molecule has 2 amide bonds. The number of carbonyl (C=O) groups is 1. The first-order chi connectivity index (χ1) is 7.74. The third kappa shape index (κ3) is 3.30. The number of hydrogen-bond donors (Lipinski definition) is 3. The standard InChI is InChI=1S/C10H14N4O2/c11-9(13-7-3-4-7)14-10(15)12-6-8-2-1-5-16-8/h1-2,5,7H,3-4,6H2,(H4,11,12,13,14,15). The first-order valence-corrected chi connectivity index (χ1v) is 5.14. The van der Waals surface area contributed by atoms with Crippen molar-refractivity contribution in [3.63, 3.8) is 0 Å². The predicted octanol–water partition coefficient (Wildman–Crippen LogP) is 0.556. The summed E-state index contributed by atoms with van der Waals surface area (Å²) in [5, 5.41) is 5.05. The average molecular weight is 222 g/mol. The molecule has 1 fully saturated rings. The van der Waals surface area contributed by atoms with E-state index >= 15 is 0 Å². The number of nitrogens with one attached hydrogen (secondary N) is 2. The van der Waals surface area contributed by atoms with Gasteiger partial charge in [0, 0.05) is 0 Å². The molecule has 86 valence electrons. The second-order valence-corrected chi connectivity index (χ2v) is 3.63. The van der Waals surface area contributed by atoms with E-state index in [1.165, 1.54) is 0 Å². The van der Waals surface area contributed by atoms with Crippen molar-refractivity contribution in [3.8, 4) is 0 Å². The van der Waals surface area contributed by atoms with Gasteiger partial charge >= 0.3 is 6.03 Å². The van der Waals surface area contributed by atoms with Crippen LogP contribution >= 0.6 is 0 Å². The van der Waals surface area contributed by atoms with Crippen molar-refractivity contribution in [3.05, 3.63) is 24.2 Å². The Morgan fingerprint density at radius 1 is 1.62 bits per heavy atom. The van der Waals surface area contributed by atoms with E-state index in [2.05, 4.69) is 15.6 Å². The summed E-state index contributed by atoms with van der Waals surface area (Å²) in [6.45, 7) is 0.329. The van der Waals surface area contributed by atoms with Gasteiger partial charge in [0.05, 0.1) is 18.8 Å². The molecule has 1 aliphatic rings.